The van der Waals surface area contributed by atoms with Crippen molar-refractivity contribution in [1.29, 1.82) is 0 Å². The number of benzene rings is 2. The lowest BCUT2D eigenvalue weighted by Gasteiger charge is -2.10. The van der Waals surface area contributed by atoms with Gasteiger partial charge in [0.1, 0.15) is 0 Å². The minimum absolute atomic E-state index is 0.100. The second kappa shape index (κ2) is 7.21. The van der Waals surface area contributed by atoms with Gasteiger partial charge in [-0.25, -0.2) is 0 Å². The third-order valence-electron chi connectivity index (χ3n) is 3.53. The van der Waals surface area contributed by atoms with Crippen LogP contribution in [0, 0.1) is 0 Å². The number of hydrogen-bond acceptors (Lipinski definition) is 4. The molecule has 0 aliphatic rings. The first-order chi connectivity index (χ1) is 11.7. The topological polar surface area (TPSA) is 66.4 Å². The molecule has 3 rings (SSSR count). The van der Waals surface area contributed by atoms with Gasteiger partial charge in [0, 0.05) is 11.3 Å². The number of ketones is 1. The van der Waals surface area contributed by atoms with E-state index in [1.54, 1.807) is 60.7 Å². The molecule has 0 fully saturated rings. The number of thiophene rings is 1. The Morgan fingerprint density at radius 2 is 1.75 bits per heavy atom. The molecule has 2 N–H and O–H groups in total. The SMILES string of the molecule is O=C(Nc1cccc(CO)c1)c1ccccc1C(=O)c1cccs1. The fourth-order valence-corrected chi connectivity index (χ4v) is 3.04. The highest BCUT2D eigenvalue weighted by atomic mass is 32.1. The van der Waals surface area contributed by atoms with Crippen LogP contribution in [0.2, 0.25) is 0 Å². The summed E-state index contributed by atoms with van der Waals surface area (Å²) in [7, 11) is 0. The maximum Gasteiger partial charge on any atom is 0.256 e. The van der Waals surface area contributed by atoms with Crippen LogP contribution in [0.25, 0.3) is 0 Å². The molecule has 1 aromatic heterocycles. The lowest BCUT2D eigenvalue weighted by atomic mass is 10.0. The number of nitrogens with one attached hydrogen (secondary N) is 1. The maximum atomic E-state index is 12.6. The third-order valence-corrected chi connectivity index (χ3v) is 4.40. The number of aliphatic hydroxyl groups is 1. The normalized spacial score (nSPS) is 10.4. The summed E-state index contributed by atoms with van der Waals surface area (Å²) in [5.41, 5.74) is 1.97. The van der Waals surface area contributed by atoms with Crippen molar-refractivity contribution >= 4 is 28.7 Å². The molecule has 0 aliphatic heterocycles. The fraction of sp³-hybridized carbons (Fsp3) is 0.0526. The Bertz CT molecular complexity index is 872. The van der Waals surface area contributed by atoms with Crippen LogP contribution in [0.5, 0.6) is 0 Å². The molecule has 0 saturated carbocycles. The molecule has 0 aliphatic carbocycles. The summed E-state index contributed by atoms with van der Waals surface area (Å²) in [6.07, 6.45) is 0. The lowest BCUT2D eigenvalue weighted by Crippen LogP contribution is -2.16. The zero-order valence-corrected chi connectivity index (χ0v) is 13.5. The van der Waals surface area contributed by atoms with Crippen LogP contribution in [-0.2, 0) is 6.61 Å². The summed E-state index contributed by atoms with van der Waals surface area (Å²) in [4.78, 5) is 25.8. The zero-order chi connectivity index (χ0) is 16.9. The van der Waals surface area contributed by atoms with E-state index in [2.05, 4.69) is 5.32 Å². The average Bonchev–Trinajstić information content (AvgIpc) is 3.16. The van der Waals surface area contributed by atoms with Gasteiger partial charge in [0.15, 0.2) is 0 Å². The monoisotopic (exact) mass is 337 g/mol. The number of anilines is 1. The van der Waals surface area contributed by atoms with Crippen molar-refractivity contribution in [3.63, 3.8) is 0 Å². The number of hydrogen-bond donors (Lipinski definition) is 2. The Morgan fingerprint density at radius 1 is 0.958 bits per heavy atom. The summed E-state index contributed by atoms with van der Waals surface area (Å²) >= 11 is 1.35. The van der Waals surface area contributed by atoms with E-state index in [9.17, 15) is 14.7 Å². The first kappa shape index (κ1) is 16.1. The molecule has 0 atom stereocenters. The predicted octanol–water partition coefficient (Wildman–Crippen LogP) is 3.72. The molecule has 1 heterocycles. The first-order valence-corrected chi connectivity index (χ1v) is 8.25. The van der Waals surface area contributed by atoms with Crippen LogP contribution in [0.3, 0.4) is 0 Å². The number of aliphatic hydroxyl groups excluding tert-OH is 1. The summed E-state index contributed by atoms with van der Waals surface area (Å²) < 4.78 is 0. The number of carbonyl (C=O) groups is 2. The van der Waals surface area contributed by atoms with Gasteiger partial charge in [-0.1, -0.05) is 36.4 Å². The number of rotatable bonds is 5. The van der Waals surface area contributed by atoms with Crippen molar-refractivity contribution in [2.45, 2.75) is 6.61 Å². The fourth-order valence-electron chi connectivity index (χ4n) is 2.37. The van der Waals surface area contributed by atoms with Crippen molar-refractivity contribution in [3.8, 4) is 0 Å². The summed E-state index contributed by atoms with van der Waals surface area (Å²) in [6.45, 7) is -0.100. The van der Waals surface area contributed by atoms with Crippen LogP contribution in [-0.4, -0.2) is 16.8 Å². The molecule has 2 aromatic carbocycles. The van der Waals surface area contributed by atoms with Crippen molar-refractivity contribution in [3.05, 3.63) is 87.6 Å². The predicted molar refractivity (Wildman–Crippen MR) is 94.5 cm³/mol. The van der Waals surface area contributed by atoms with Gasteiger partial charge in [0.05, 0.1) is 17.0 Å². The second-order valence-electron chi connectivity index (χ2n) is 5.16. The van der Waals surface area contributed by atoms with Crippen molar-refractivity contribution in [2.75, 3.05) is 5.32 Å². The Balaban J connectivity index is 1.89. The van der Waals surface area contributed by atoms with Crippen LogP contribution in [0.15, 0.2) is 66.0 Å². The maximum absolute atomic E-state index is 12.6. The van der Waals surface area contributed by atoms with Gasteiger partial charge >= 0.3 is 0 Å². The highest BCUT2D eigenvalue weighted by Crippen LogP contribution is 2.20. The summed E-state index contributed by atoms with van der Waals surface area (Å²) in [5, 5.41) is 13.8. The molecule has 5 heteroatoms. The van der Waals surface area contributed by atoms with E-state index in [4.69, 9.17) is 0 Å². The van der Waals surface area contributed by atoms with E-state index >= 15 is 0 Å². The minimum Gasteiger partial charge on any atom is -0.392 e. The van der Waals surface area contributed by atoms with Gasteiger partial charge in [0.25, 0.3) is 5.91 Å². The highest BCUT2D eigenvalue weighted by molar-refractivity contribution is 7.12. The second-order valence-corrected chi connectivity index (χ2v) is 6.11. The van der Waals surface area contributed by atoms with Gasteiger partial charge in [0.2, 0.25) is 5.78 Å². The van der Waals surface area contributed by atoms with Crippen molar-refractivity contribution in [2.24, 2.45) is 0 Å². The van der Waals surface area contributed by atoms with Gasteiger partial charge < -0.3 is 10.4 Å². The summed E-state index contributed by atoms with van der Waals surface area (Å²) in [5.74, 6) is -0.523. The Labute approximate surface area is 143 Å². The van der Waals surface area contributed by atoms with Crippen LogP contribution in [0.4, 0.5) is 5.69 Å². The molecule has 0 saturated heterocycles. The quantitative estimate of drug-likeness (QED) is 0.697. The molecule has 24 heavy (non-hydrogen) atoms. The molecular weight excluding hydrogens is 322 g/mol. The van der Waals surface area contributed by atoms with Gasteiger partial charge in [-0.2, -0.15) is 0 Å². The molecule has 0 spiro atoms. The van der Waals surface area contributed by atoms with E-state index in [1.165, 1.54) is 11.3 Å². The van der Waals surface area contributed by atoms with Crippen molar-refractivity contribution in [1.82, 2.24) is 0 Å². The van der Waals surface area contributed by atoms with Crippen LogP contribution >= 0.6 is 11.3 Å². The molecule has 3 aromatic rings. The van der Waals surface area contributed by atoms with Crippen LogP contribution < -0.4 is 5.32 Å². The smallest absolute Gasteiger partial charge is 0.256 e. The van der Waals surface area contributed by atoms with E-state index in [1.807, 2.05) is 5.38 Å². The molecule has 1 amide bonds. The minimum atomic E-state index is -0.356. The molecule has 0 bridgehead atoms. The van der Waals surface area contributed by atoms with Gasteiger partial charge in [-0.15, -0.1) is 11.3 Å². The van der Waals surface area contributed by atoms with Gasteiger partial charge in [-0.05, 0) is 35.2 Å². The Morgan fingerprint density at radius 3 is 2.46 bits per heavy atom. The summed E-state index contributed by atoms with van der Waals surface area (Å²) in [6, 6.07) is 17.3. The van der Waals surface area contributed by atoms with Crippen LogP contribution in [0.1, 0.15) is 31.2 Å². The average molecular weight is 337 g/mol. The Hall–Kier alpha value is -2.76. The number of amides is 1. The van der Waals surface area contributed by atoms with E-state index in [0.29, 0.717) is 27.3 Å². The van der Waals surface area contributed by atoms with Crippen molar-refractivity contribution < 1.29 is 14.7 Å². The zero-order valence-electron chi connectivity index (χ0n) is 12.7. The molecule has 0 radical (unpaired) electrons. The Kier molecular flexibility index (Phi) is 4.84. The largest absolute Gasteiger partial charge is 0.392 e. The number of carbonyl (C=O) groups excluding carboxylic acids is 2. The third kappa shape index (κ3) is 3.42. The highest BCUT2D eigenvalue weighted by Gasteiger charge is 2.18. The van der Waals surface area contributed by atoms with E-state index < -0.39 is 0 Å². The molecule has 120 valence electrons. The molecule has 4 nitrogen and oxygen atoms in total. The lowest BCUT2D eigenvalue weighted by molar-refractivity contribution is 0.0998. The molecular formula is C19H15NO3S. The first-order valence-electron chi connectivity index (χ1n) is 7.37. The van der Waals surface area contributed by atoms with E-state index in [-0.39, 0.29) is 18.3 Å². The molecule has 0 unspecified atom stereocenters. The van der Waals surface area contributed by atoms with Gasteiger partial charge in [-0.3, -0.25) is 9.59 Å². The standard InChI is InChI=1S/C19H15NO3S/c21-12-13-5-3-6-14(11-13)20-19(23)16-8-2-1-7-15(16)18(22)17-9-4-10-24-17/h1-11,21H,12H2,(H,20,23). The van der Waals surface area contributed by atoms with E-state index in [0.717, 1.165) is 0 Å².